The van der Waals surface area contributed by atoms with Gasteiger partial charge in [-0.2, -0.15) is 0 Å². The smallest absolute Gasteiger partial charge is 0.287 e. The molecule has 3 aliphatic rings. The number of furan rings is 1. The van der Waals surface area contributed by atoms with Crippen molar-refractivity contribution in [1.82, 2.24) is 5.32 Å². The van der Waals surface area contributed by atoms with E-state index < -0.39 is 11.1 Å². The lowest BCUT2D eigenvalue weighted by Crippen LogP contribution is -2.56. The van der Waals surface area contributed by atoms with Crippen LogP contribution in [0.1, 0.15) is 80.3 Å². The third-order valence-electron chi connectivity index (χ3n) is 9.07. The molecule has 2 heterocycles. The number of carbonyl (C=O) groups is 2. The number of aliphatic hydroxyl groups is 1. The van der Waals surface area contributed by atoms with Gasteiger partial charge in [0.1, 0.15) is 5.58 Å². The van der Waals surface area contributed by atoms with Crippen LogP contribution in [0.3, 0.4) is 0 Å². The first-order valence-electron chi connectivity index (χ1n) is 14.1. The zero-order chi connectivity index (χ0) is 27.1. The Hall–Kier alpha value is -3.40. The molecule has 1 saturated heterocycles. The third kappa shape index (κ3) is 5.02. The molecule has 0 bridgehead atoms. The molecule has 6 nitrogen and oxygen atoms in total. The highest BCUT2D eigenvalue weighted by Crippen LogP contribution is 2.49. The molecule has 202 valence electrons. The number of rotatable bonds is 7. The molecule has 2 aromatic carbocycles. The number of amides is 1. The van der Waals surface area contributed by atoms with Gasteiger partial charge in [-0.05, 0) is 54.5 Å². The molecule has 6 rings (SSSR count). The van der Waals surface area contributed by atoms with Gasteiger partial charge >= 0.3 is 0 Å². The van der Waals surface area contributed by atoms with Crippen LogP contribution in [0, 0.1) is 17.8 Å². The maximum atomic E-state index is 13.5. The molecule has 1 aliphatic heterocycles. The van der Waals surface area contributed by atoms with E-state index in [1.807, 2.05) is 42.5 Å². The third-order valence-corrected chi connectivity index (χ3v) is 9.07. The van der Waals surface area contributed by atoms with Crippen molar-refractivity contribution in [2.45, 2.75) is 75.3 Å². The fraction of sp³-hybridized carbons (Fsp3) is 0.455. The van der Waals surface area contributed by atoms with Crippen molar-refractivity contribution in [1.29, 1.82) is 0 Å². The molecule has 39 heavy (non-hydrogen) atoms. The molecular formula is C33H35NO5. The number of ether oxygens (including phenoxy) is 1. The fourth-order valence-electron chi connectivity index (χ4n) is 6.20. The van der Waals surface area contributed by atoms with E-state index in [0.717, 1.165) is 54.2 Å². The lowest BCUT2D eigenvalue weighted by Gasteiger charge is -2.37. The van der Waals surface area contributed by atoms with Gasteiger partial charge in [0.25, 0.3) is 5.91 Å². The highest BCUT2D eigenvalue weighted by molar-refractivity contribution is 6.01. The van der Waals surface area contributed by atoms with Crippen LogP contribution in [0.2, 0.25) is 0 Å². The summed E-state index contributed by atoms with van der Waals surface area (Å²) in [6.07, 6.45) is 13.1. The van der Waals surface area contributed by atoms with E-state index in [1.54, 1.807) is 6.07 Å². The minimum absolute atomic E-state index is 0.0539. The number of ketones is 1. The highest BCUT2D eigenvalue weighted by atomic mass is 16.5. The Bertz CT molecular complexity index is 1430. The molecule has 1 amide bonds. The van der Waals surface area contributed by atoms with E-state index in [-0.39, 0.29) is 22.9 Å². The Morgan fingerprint density at radius 1 is 0.897 bits per heavy atom. The van der Waals surface area contributed by atoms with Crippen LogP contribution in [0.5, 0.6) is 0 Å². The zero-order valence-corrected chi connectivity index (χ0v) is 22.3. The maximum Gasteiger partial charge on any atom is 0.287 e. The van der Waals surface area contributed by atoms with Crippen LogP contribution >= 0.6 is 0 Å². The fourth-order valence-corrected chi connectivity index (χ4v) is 6.20. The molecule has 0 unspecified atom stereocenters. The Morgan fingerprint density at radius 3 is 2.26 bits per heavy atom. The predicted octanol–water partition coefficient (Wildman–Crippen LogP) is 5.90. The zero-order valence-electron chi connectivity index (χ0n) is 22.3. The maximum absolute atomic E-state index is 13.5. The SMILES string of the molecule is C#CC1(CC(=O)C2(NC(=O)c3cc4ccc(-c5ccc(C6(O)CCOCC6)cc5)cc4o3)CCCCC2)CC1. The average Bonchev–Trinajstić information content (AvgIpc) is 3.60. The summed E-state index contributed by atoms with van der Waals surface area (Å²) in [4.78, 5) is 26.8. The number of hydrogen-bond acceptors (Lipinski definition) is 5. The summed E-state index contributed by atoms with van der Waals surface area (Å²) < 4.78 is 11.4. The van der Waals surface area contributed by atoms with E-state index >= 15 is 0 Å². The Balaban J connectivity index is 1.21. The van der Waals surface area contributed by atoms with Crippen LogP contribution in [-0.4, -0.2) is 35.5 Å². The summed E-state index contributed by atoms with van der Waals surface area (Å²) in [5.74, 6) is 2.71. The number of fused-ring (bicyclic) bond motifs is 1. The van der Waals surface area contributed by atoms with Crippen LogP contribution in [0.15, 0.2) is 52.9 Å². The number of benzene rings is 2. The van der Waals surface area contributed by atoms with E-state index in [1.165, 1.54) is 0 Å². The second kappa shape index (κ2) is 9.97. The predicted molar refractivity (Wildman–Crippen MR) is 149 cm³/mol. The van der Waals surface area contributed by atoms with Crippen molar-refractivity contribution in [3.8, 4) is 23.5 Å². The first-order valence-corrected chi connectivity index (χ1v) is 14.1. The number of carbonyl (C=O) groups excluding carboxylic acids is 2. The van der Waals surface area contributed by atoms with E-state index in [2.05, 4.69) is 11.2 Å². The highest BCUT2D eigenvalue weighted by Gasteiger charge is 2.49. The number of terminal acetylenes is 1. The van der Waals surface area contributed by atoms with Gasteiger partial charge in [-0.25, -0.2) is 0 Å². The van der Waals surface area contributed by atoms with Crippen LogP contribution in [-0.2, 0) is 15.1 Å². The first kappa shape index (κ1) is 25.9. The van der Waals surface area contributed by atoms with Gasteiger partial charge in [0.05, 0.1) is 11.1 Å². The van der Waals surface area contributed by atoms with Gasteiger partial charge in [0, 0.05) is 43.3 Å². The monoisotopic (exact) mass is 525 g/mol. The number of hydrogen-bond donors (Lipinski definition) is 2. The van der Waals surface area contributed by atoms with Crippen LogP contribution < -0.4 is 5.32 Å². The molecular weight excluding hydrogens is 490 g/mol. The van der Waals surface area contributed by atoms with Crippen molar-refractivity contribution in [3.63, 3.8) is 0 Å². The van der Waals surface area contributed by atoms with Gasteiger partial charge in [0.2, 0.25) is 0 Å². The minimum atomic E-state index is -0.873. The van der Waals surface area contributed by atoms with Gasteiger partial charge in [-0.1, -0.05) is 61.6 Å². The molecule has 3 fully saturated rings. The lowest BCUT2D eigenvalue weighted by molar-refractivity contribution is -0.127. The summed E-state index contributed by atoms with van der Waals surface area (Å²) in [7, 11) is 0. The van der Waals surface area contributed by atoms with Gasteiger partial charge in [-0.15, -0.1) is 6.42 Å². The second-order valence-corrected chi connectivity index (χ2v) is 11.7. The van der Waals surface area contributed by atoms with Crippen molar-refractivity contribution in [2.24, 2.45) is 5.41 Å². The van der Waals surface area contributed by atoms with Crippen molar-refractivity contribution in [2.75, 3.05) is 13.2 Å². The van der Waals surface area contributed by atoms with Crippen molar-refractivity contribution >= 4 is 22.7 Å². The van der Waals surface area contributed by atoms with Crippen LogP contribution in [0.4, 0.5) is 0 Å². The Kier molecular flexibility index (Phi) is 6.61. The summed E-state index contributed by atoms with van der Waals surface area (Å²) in [5, 5.41) is 14.9. The van der Waals surface area contributed by atoms with E-state index in [0.29, 0.717) is 50.9 Å². The van der Waals surface area contributed by atoms with Gasteiger partial charge in [-0.3, -0.25) is 9.59 Å². The molecule has 0 atom stereocenters. The number of Topliss-reactive ketones (excluding diaryl/α,β-unsaturated/α-hetero) is 1. The van der Waals surface area contributed by atoms with Crippen molar-refractivity contribution < 1.29 is 23.8 Å². The quantitative estimate of drug-likeness (QED) is 0.375. The molecule has 0 spiro atoms. The average molecular weight is 526 g/mol. The molecule has 2 aliphatic carbocycles. The van der Waals surface area contributed by atoms with E-state index in [4.69, 9.17) is 15.6 Å². The minimum Gasteiger partial charge on any atom is -0.451 e. The molecule has 2 N–H and O–H groups in total. The largest absolute Gasteiger partial charge is 0.451 e. The first-order chi connectivity index (χ1) is 18.8. The second-order valence-electron chi connectivity index (χ2n) is 11.7. The summed E-state index contributed by atoms with van der Waals surface area (Å²) in [6, 6.07) is 15.5. The standard InChI is InChI=1S/C33H35NO5/c1-2-31(14-15-31)22-29(35)32(12-4-3-5-13-32)34-30(36)28-21-25-7-6-24(20-27(25)39-28)23-8-10-26(11-9-23)33(37)16-18-38-19-17-33/h1,6-11,20-21,37H,3-5,12-19,22H2,(H,34,36). The Morgan fingerprint density at radius 2 is 1.59 bits per heavy atom. The van der Waals surface area contributed by atoms with E-state index in [9.17, 15) is 14.7 Å². The number of nitrogens with one attached hydrogen (secondary N) is 1. The lowest BCUT2D eigenvalue weighted by atomic mass is 9.75. The summed E-state index contributed by atoms with van der Waals surface area (Å²) in [6.45, 7) is 1.12. The topological polar surface area (TPSA) is 88.8 Å². The van der Waals surface area contributed by atoms with Crippen LogP contribution in [0.25, 0.3) is 22.1 Å². The molecule has 3 aromatic rings. The summed E-state index contributed by atoms with van der Waals surface area (Å²) >= 11 is 0. The Labute approximate surface area is 229 Å². The molecule has 1 aromatic heterocycles. The molecule has 2 saturated carbocycles. The van der Waals surface area contributed by atoms with Gasteiger partial charge in [0.15, 0.2) is 11.5 Å². The van der Waals surface area contributed by atoms with Gasteiger partial charge < -0.3 is 19.6 Å². The normalized spacial score (nSPS) is 21.1. The van der Waals surface area contributed by atoms with Crippen molar-refractivity contribution in [3.05, 3.63) is 59.9 Å². The molecule has 0 radical (unpaired) electrons. The molecule has 6 heteroatoms. The summed E-state index contributed by atoms with van der Waals surface area (Å²) in [5.41, 5.74) is 1.42.